The lowest BCUT2D eigenvalue weighted by Crippen LogP contribution is -2.26. The molecule has 1 aromatic carbocycles. The minimum absolute atomic E-state index is 0.0174. The lowest BCUT2D eigenvalue weighted by molar-refractivity contribution is -0.141. The van der Waals surface area contributed by atoms with Crippen molar-refractivity contribution >= 4 is 11.9 Å². The summed E-state index contributed by atoms with van der Waals surface area (Å²) in [6.07, 6.45) is 1.64. The lowest BCUT2D eigenvalue weighted by atomic mass is 10.0. The van der Waals surface area contributed by atoms with Crippen molar-refractivity contribution < 1.29 is 14.7 Å². The number of rotatable bonds is 7. The van der Waals surface area contributed by atoms with Crippen LogP contribution in [0.25, 0.3) is 0 Å². The van der Waals surface area contributed by atoms with Crippen LogP contribution in [-0.4, -0.2) is 23.5 Å². The van der Waals surface area contributed by atoms with Gasteiger partial charge in [-0.05, 0) is 43.4 Å². The molecular weight excluding hydrogens is 254 g/mol. The molecule has 20 heavy (non-hydrogen) atoms. The molecule has 0 aromatic heterocycles. The molecule has 1 amide bonds. The van der Waals surface area contributed by atoms with Gasteiger partial charge in [-0.3, -0.25) is 9.59 Å². The molecule has 0 aliphatic heterocycles. The molecule has 0 aliphatic carbocycles. The van der Waals surface area contributed by atoms with Crippen LogP contribution >= 0.6 is 0 Å². The van der Waals surface area contributed by atoms with Crippen molar-refractivity contribution in [3.63, 3.8) is 0 Å². The first-order valence-electron chi connectivity index (χ1n) is 6.95. The molecule has 110 valence electrons. The Morgan fingerprint density at radius 2 is 1.95 bits per heavy atom. The second kappa shape index (κ2) is 7.68. The minimum atomic E-state index is -0.786. The van der Waals surface area contributed by atoms with Crippen LogP contribution in [0, 0.1) is 19.8 Å². The monoisotopic (exact) mass is 277 g/mol. The fourth-order valence-electron chi connectivity index (χ4n) is 1.92. The summed E-state index contributed by atoms with van der Waals surface area (Å²) in [4.78, 5) is 22.4. The Bertz CT molecular complexity index is 483. The van der Waals surface area contributed by atoms with E-state index in [1.807, 2.05) is 32.0 Å². The van der Waals surface area contributed by atoms with Crippen LogP contribution in [-0.2, 0) is 16.0 Å². The van der Waals surface area contributed by atoms with Gasteiger partial charge in [0.05, 0.1) is 12.3 Å². The van der Waals surface area contributed by atoms with Crippen LogP contribution in [0.5, 0.6) is 0 Å². The zero-order valence-electron chi connectivity index (χ0n) is 12.4. The van der Waals surface area contributed by atoms with Crippen molar-refractivity contribution in [3.05, 3.63) is 34.9 Å². The molecule has 0 saturated heterocycles. The van der Waals surface area contributed by atoms with Gasteiger partial charge >= 0.3 is 5.97 Å². The summed E-state index contributed by atoms with van der Waals surface area (Å²) >= 11 is 0. The van der Waals surface area contributed by atoms with E-state index in [2.05, 4.69) is 5.32 Å². The number of carboxylic acids is 1. The molecule has 1 rings (SSSR count). The van der Waals surface area contributed by atoms with Gasteiger partial charge in [-0.15, -0.1) is 0 Å². The number of carboxylic acid groups (broad SMARTS) is 1. The first-order valence-corrected chi connectivity index (χ1v) is 6.95. The van der Waals surface area contributed by atoms with E-state index >= 15 is 0 Å². The summed E-state index contributed by atoms with van der Waals surface area (Å²) in [6, 6.07) is 6.02. The van der Waals surface area contributed by atoms with Crippen LogP contribution in [0.1, 0.15) is 36.5 Å². The van der Waals surface area contributed by atoms with E-state index in [1.54, 1.807) is 6.92 Å². The average Bonchev–Trinajstić information content (AvgIpc) is 2.38. The smallest absolute Gasteiger partial charge is 0.306 e. The van der Waals surface area contributed by atoms with Gasteiger partial charge in [0.1, 0.15) is 0 Å². The molecule has 0 saturated carbocycles. The fourth-order valence-corrected chi connectivity index (χ4v) is 1.92. The second-order valence-electron chi connectivity index (χ2n) is 5.33. The Kier molecular flexibility index (Phi) is 6.22. The van der Waals surface area contributed by atoms with Crippen LogP contribution in [0.15, 0.2) is 18.2 Å². The standard InChI is InChI=1S/C16H23NO3/c1-11-6-7-14(9-13(11)3)10-15(18)17-8-4-5-12(2)16(19)20/h6-7,9,12H,4-5,8,10H2,1-3H3,(H,17,18)(H,19,20). The van der Waals surface area contributed by atoms with Crippen molar-refractivity contribution in [1.29, 1.82) is 0 Å². The van der Waals surface area contributed by atoms with Gasteiger partial charge in [0, 0.05) is 6.54 Å². The second-order valence-corrected chi connectivity index (χ2v) is 5.33. The number of hydrogen-bond acceptors (Lipinski definition) is 2. The molecule has 4 nitrogen and oxygen atoms in total. The maximum atomic E-state index is 11.8. The van der Waals surface area contributed by atoms with E-state index in [4.69, 9.17) is 5.11 Å². The van der Waals surface area contributed by atoms with Crippen LogP contribution in [0.4, 0.5) is 0 Å². The van der Waals surface area contributed by atoms with Crippen LogP contribution < -0.4 is 5.32 Å². The molecule has 0 radical (unpaired) electrons. The number of carbonyl (C=O) groups is 2. The minimum Gasteiger partial charge on any atom is -0.481 e. The highest BCUT2D eigenvalue weighted by atomic mass is 16.4. The fraction of sp³-hybridized carbons (Fsp3) is 0.500. The zero-order valence-corrected chi connectivity index (χ0v) is 12.4. The van der Waals surface area contributed by atoms with Crippen molar-refractivity contribution in [2.24, 2.45) is 5.92 Å². The molecule has 4 heteroatoms. The highest BCUT2D eigenvalue weighted by molar-refractivity contribution is 5.78. The normalized spacial score (nSPS) is 11.9. The van der Waals surface area contributed by atoms with Crippen molar-refractivity contribution in [3.8, 4) is 0 Å². The Hall–Kier alpha value is -1.84. The van der Waals surface area contributed by atoms with Crippen LogP contribution in [0.2, 0.25) is 0 Å². The number of amides is 1. The summed E-state index contributed by atoms with van der Waals surface area (Å²) in [5, 5.41) is 11.6. The molecular formula is C16H23NO3. The Morgan fingerprint density at radius 3 is 2.55 bits per heavy atom. The average molecular weight is 277 g/mol. The molecule has 0 spiro atoms. The first-order chi connectivity index (χ1) is 9.40. The number of benzene rings is 1. The molecule has 1 unspecified atom stereocenters. The van der Waals surface area contributed by atoms with Gasteiger partial charge in [-0.2, -0.15) is 0 Å². The molecule has 0 bridgehead atoms. The van der Waals surface area contributed by atoms with E-state index < -0.39 is 5.97 Å². The van der Waals surface area contributed by atoms with Gasteiger partial charge in [-0.1, -0.05) is 25.1 Å². The summed E-state index contributed by atoms with van der Waals surface area (Å²) in [6.45, 7) is 6.29. The molecule has 1 atom stereocenters. The predicted octanol–water partition coefficient (Wildman–Crippen LogP) is 2.46. The first kappa shape index (κ1) is 16.2. The Morgan fingerprint density at radius 1 is 1.25 bits per heavy atom. The van der Waals surface area contributed by atoms with Gasteiger partial charge < -0.3 is 10.4 Å². The predicted molar refractivity (Wildman–Crippen MR) is 78.7 cm³/mol. The molecule has 0 aliphatic rings. The Labute approximate surface area is 120 Å². The van der Waals surface area contributed by atoms with Gasteiger partial charge in [-0.25, -0.2) is 0 Å². The van der Waals surface area contributed by atoms with E-state index in [0.717, 1.165) is 5.56 Å². The third-order valence-corrected chi connectivity index (χ3v) is 3.49. The third kappa shape index (κ3) is 5.43. The highest BCUT2D eigenvalue weighted by Crippen LogP contribution is 2.10. The number of nitrogens with one attached hydrogen (secondary N) is 1. The zero-order chi connectivity index (χ0) is 15.1. The number of aliphatic carboxylic acids is 1. The quantitative estimate of drug-likeness (QED) is 0.752. The van der Waals surface area contributed by atoms with Crippen molar-refractivity contribution in [1.82, 2.24) is 5.32 Å². The summed E-state index contributed by atoms with van der Waals surface area (Å²) in [5.74, 6) is -1.16. The Balaban J connectivity index is 2.30. The van der Waals surface area contributed by atoms with Crippen molar-refractivity contribution in [2.75, 3.05) is 6.54 Å². The molecule has 0 heterocycles. The van der Waals surface area contributed by atoms with Gasteiger partial charge in [0.2, 0.25) is 5.91 Å². The van der Waals surface area contributed by atoms with E-state index in [-0.39, 0.29) is 11.8 Å². The van der Waals surface area contributed by atoms with Gasteiger partial charge in [0.25, 0.3) is 0 Å². The molecule has 2 N–H and O–H groups in total. The SMILES string of the molecule is Cc1ccc(CC(=O)NCCCC(C)C(=O)O)cc1C. The topological polar surface area (TPSA) is 66.4 Å². The summed E-state index contributed by atoms with van der Waals surface area (Å²) < 4.78 is 0. The maximum absolute atomic E-state index is 11.8. The maximum Gasteiger partial charge on any atom is 0.306 e. The summed E-state index contributed by atoms with van der Waals surface area (Å²) in [5.41, 5.74) is 3.41. The van der Waals surface area contributed by atoms with Crippen LogP contribution in [0.3, 0.4) is 0 Å². The highest BCUT2D eigenvalue weighted by Gasteiger charge is 2.10. The summed E-state index contributed by atoms with van der Waals surface area (Å²) in [7, 11) is 0. The van der Waals surface area contributed by atoms with Crippen molar-refractivity contribution in [2.45, 2.75) is 40.0 Å². The largest absolute Gasteiger partial charge is 0.481 e. The number of aryl methyl sites for hydroxylation is 2. The van der Waals surface area contributed by atoms with Gasteiger partial charge in [0.15, 0.2) is 0 Å². The van der Waals surface area contributed by atoms with E-state index in [1.165, 1.54) is 11.1 Å². The molecule has 0 fully saturated rings. The lowest BCUT2D eigenvalue weighted by Gasteiger charge is -2.08. The van der Waals surface area contributed by atoms with E-state index in [9.17, 15) is 9.59 Å². The number of carbonyl (C=O) groups excluding carboxylic acids is 1. The number of hydrogen-bond donors (Lipinski definition) is 2. The molecule has 1 aromatic rings. The third-order valence-electron chi connectivity index (χ3n) is 3.49. The van der Waals surface area contributed by atoms with E-state index in [0.29, 0.717) is 25.8 Å².